The normalized spacial score (nSPS) is 15.1. The smallest absolute Gasteiger partial charge is 0.372 e. The molecule has 0 aliphatic heterocycles. The monoisotopic (exact) mass is 515 g/mol. The summed E-state index contributed by atoms with van der Waals surface area (Å²) in [5.41, 5.74) is 3.79. The summed E-state index contributed by atoms with van der Waals surface area (Å²) >= 11 is 0. The number of ketones is 1. The molecule has 0 spiro atoms. The van der Waals surface area contributed by atoms with Gasteiger partial charge in [-0.3, -0.25) is 4.79 Å². The van der Waals surface area contributed by atoms with E-state index in [0.717, 1.165) is 36.8 Å². The minimum atomic E-state index is -1.36. The number of carbonyl (C=O) groups excluding carboxylic acids is 1. The molecule has 1 aliphatic rings. The van der Waals surface area contributed by atoms with Gasteiger partial charge < -0.3 is 24.7 Å². The van der Waals surface area contributed by atoms with Crippen molar-refractivity contribution in [3.8, 4) is 16.9 Å². The maximum absolute atomic E-state index is 13.5. The van der Waals surface area contributed by atoms with Gasteiger partial charge in [-0.1, -0.05) is 68.7 Å². The standard InChI is InChI=1S/C31H33NO6/c1-18(17-33)10-11-22-8-5-9-23-24(16-32-26(22)23)27(34)30-28(35)25(29(38-30)31(36)37)21-14-12-20(13-15-21)19-6-3-2-4-7-19/h5,8-9,12-16,18-19,32-33,35H,2-4,6-7,10-11,17H2,1H3,(H,36,37). The predicted octanol–water partition coefficient (Wildman–Crippen LogP) is 6.67. The summed E-state index contributed by atoms with van der Waals surface area (Å²) in [4.78, 5) is 28.8. The highest BCUT2D eigenvalue weighted by molar-refractivity contribution is 6.18. The highest BCUT2D eigenvalue weighted by Crippen LogP contribution is 2.41. The molecule has 1 unspecified atom stereocenters. The zero-order chi connectivity index (χ0) is 26.8. The molecule has 0 bridgehead atoms. The first-order valence-corrected chi connectivity index (χ1v) is 13.3. The molecule has 1 fully saturated rings. The fourth-order valence-electron chi connectivity index (χ4n) is 5.58. The SMILES string of the molecule is CC(CO)CCc1cccc2c(C(=O)c3oc(C(=O)O)c(-c4ccc(C5CCCCC5)cc4)c3O)c[nH]c12. The van der Waals surface area contributed by atoms with Crippen molar-refractivity contribution in [1.82, 2.24) is 4.98 Å². The number of carboxylic acid groups (broad SMARTS) is 1. The van der Waals surface area contributed by atoms with E-state index in [1.54, 1.807) is 24.4 Å². The maximum atomic E-state index is 13.5. The Hall–Kier alpha value is -3.84. The summed E-state index contributed by atoms with van der Waals surface area (Å²) in [7, 11) is 0. The Bertz CT molecular complexity index is 1460. The largest absolute Gasteiger partial charge is 0.504 e. The van der Waals surface area contributed by atoms with Gasteiger partial charge in [0.25, 0.3) is 0 Å². The van der Waals surface area contributed by atoms with Crippen LogP contribution in [0.4, 0.5) is 0 Å². The number of furan rings is 1. The average molecular weight is 516 g/mol. The number of aliphatic hydroxyl groups excluding tert-OH is 1. The third kappa shape index (κ3) is 4.86. The molecule has 0 amide bonds. The lowest BCUT2D eigenvalue weighted by Gasteiger charge is -2.22. The molecule has 0 radical (unpaired) electrons. The van der Waals surface area contributed by atoms with Crippen LogP contribution in [-0.4, -0.2) is 38.7 Å². The van der Waals surface area contributed by atoms with Gasteiger partial charge >= 0.3 is 5.97 Å². The molecule has 4 aromatic rings. The number of hydrogen-bond acceptors (Lipinski definition) is 5. The van der Waals surface area contributed by atoms with E-state index in [1.807, 2.05) is 31.2 Å². The molecule has 7 heteroatoms. The summed E-state index contributed by atoms with van der Waals surface area (Å²) in [5, 5.41) is 30.9. The number of H-pyrrole nitrogens is 1. The van der Waals surface area contributed by atoms with Crippen LogP contribution < -0.4 is 0 Å². The van der Waals surface area contributed by atoms with Crippen molar-refractivity contribution in [3.63, 3.8) is 0 Å². The van der Waals surface area contributed by atoms with Crippen molar-refractivity contribution in [2.75, 3.05) is 6.61 Å². The van der Waals surface area contributed by atoms with Crippen LogP contribution in [-0.2, 0) is 6.42 Å². The molecule has 7 nitrogen and oxygen atoms in total. The average Bonchev–Trinajstić information content (AvgIpc) is 3.54. The maximum Gasteiger partial charge on any atom is 0.372 e. The van der Waals surface area contributed by atoms with Gasteiger partial charge in [0.15, 0.2) is 5.75 Å². The number of hydrogen-bond donors (Lipinski definition) is 4. The molecule has 0 saturated heterocycles. The van der Waals surface area contributed by atoms with Gasteiger partial charge in [-0.15, -0.1) is 0 Å². The van der Waals surface area contributed by atoms with E-state index in [9.17, 15) is 24.9 Å². The second kappa shape index (κ2) is 10.9. The van der Waals surface area contributed by atoms with E-state index in [-0.39, 0.29) is 23.7 Å². The summed E-state index contributed by atoms with van der Waals surface area (Å²) in [5.74, 6) is -2.63. The number of aryl methyl sites for hydroxylation is 1. The lowest BCUT2D eigenvalue weighted by Crippen LogP contribution is -2.04. The van der Waals surface area contributed by atoms with Gasteiger partial charge in [0.05, 0.1) is 11.1 Å². The predicted molar refractivity (Wildman–Crippen MR) is 145 cm³/mol. The first-order chi connectivity index (χ1) is 18.4. The number of aliphatic hydroxyl groups is 1. The van der Waals surface area contributed by atoms with Gasteiger partial charge in [-0.2, -0.15) is 0 Å². The van der Waals surface area contributed by atoms with Crippen LogP contribution in [0.3, 0.4) is 0 Å². The van der Waals surface area contributed by atoms with Crippen molar-refractivity contribution in [2.45, 2.75) is 57.8 Å². The van der Waals surface area contributed by atoms with Gasteiger partial charge in [0.2, 0.25) is 17.3 Å². The summed E-state index contributed by atoms with van der Waals surface area (Å²) in [6.07, 6.45) is 9.04. The van der Waals surface area contributed by atoms with Gasteiger partial charge in [-0.25, -0.2) is 4.79 Å². The van der Waals surface area contributed by atoms with Gasteiger partial charge in [0.1, 0.15) is 0 Å². The molecule has 1 atom stereocenters. The Morgan fingerprint density at radius 2 is 1.79 bits per heavy atom. The van der Waals surface area contributed by atoms with E-state index in [0.29, 0.717) is 16.9 Å². The molecule has 2 heterocycles. The lowest BCUT2D eigenvalue weighted by atomic mass is 9.83. The van der Waals surface area contributed by atoms with Crippen LogP contribution in [0.15, 0.2) is 53.1 Å². The van der Waals surface area contributed by atoms with Crippen LogP contribution in [0, 0.1) is 5.92 Å². The van der Waals surface area contributed by atoms with Gasteiger partial charge in [-0.05, 0) is 54.2 Å². The molecule has 5 rings (SSSR count). The van der Waals surface area contributed by atoms with Crippen molar-refractivity contribution in [2.24, 2.45) is 5.92 Å². The minimum absolute atomic E-state index is 0.00886. The Kier molecular flexibility index (Phi) is 7.38. The first-order valence-electron chi connectivity index (χ1n) is 13.3. The number of rotatable bonds is 9. The summed E-state index contributed by atoms with van der Waals surface area (Å²) in [6, 6.07) is 13.2. The number of para-hydroxylation sites is 1. The zero-order valence-electron chi connectivity index (χ0n) is 21.5. The van der Waals surface area contributed by atoms with Crippen LogP contribution in [0.25, 0.3) is 22.0 Å². The third-order valence-corrected chi connectivity index (χ3v) is 7.82. The van der Waals surface area contributed by atoms with Gasteiger partial charge in [0, 0.05) is 23.7 Å². The van der Waals surface area contributed by atoms with E-state index < -0.39 is 29.0 Å². The molecule has 38 heavy (non-hydrogen) atoms. The zero-order valence-corrected chi connectivity index (χ0v) is 21.5. The molecule has 4 N–H and O–H groups in total. The summed E-state index contributed by atoms with van der Waals surface area (Å²) < 4.78 is 5.53. The van der Waals surface area contributed by atoms with Crippen LogP contribution in [0.2, 0.25) is 0 Å². The van der Waals surface area contributed by atoms with E-state index in [2.05, 4.69) is 4.98 Å². The fourth-order valence-corrected chi connectivity index (χ4v) is 5.58. The van der Waals surface area contributed by atoms with Crippen LogP contribution >= 0.6 is 0 Å². The minimum Gasteiger partial charge on any atom is -0.504 e. The quantitative estimate of drug-likeness (QED) is 0.185. The number of fused-ring (bicyclic) bond motifs is 1. The number of carbonyl (C=O) groups is 2. The Morgan fingerprint density at radius 3 is 2.47 bits per heavy atom. The van der Waals surface area contributed by atoms with E-state index in [1.165, 1.54) is 24.8 Å². The Labute approximate surface area is 221 Å². The molecule has 2 aromatic carbocycles. The fraction of sp³-hybridized carbons (Fsp3) is 0.355. The number of aromatic hydroxyl groups is 1. The highest BCUT2D eigenvalue weighted by atomic mass is 16.4. The Morgan fingerprint density at radius 1 is 1.05 bits per heavy atom. The number of carboxylic acids is 1. The lowest BCUT2D eigenvalue weighted by molar-refractivity contribution is 0.0661. The number of benzene rings is 2. The van der Waals surface area contributed by atoms with E-state index >= 15 is 0 Å². The second-order valence-corrected chi connectivity index (χ2v) is 10.4. The number of aromatic nitrogens is 1. The van der Waals surface area contributed by atoms with Crippen molar-refractivity contribution in [3.05, 3.63) is 76.9 Å². The second-order valence-electron chi connectivity index (χ2n) is 10.4. The van der Waals surface area contributed by atoms with Crippen molar-refractivity contribution >= 4 is 22.7 Å². The van der Waals surface area contributed by atoms with Crippen LogP contribution in [0.5, 0.6) is 5.75 Å². The molecular weight excluding hydrogens is 482 g/mol. The molecule has 1 saturated carbocycles. The molecule has 2 aromatic heterocycles. The number of aromatic carboxylic acids is 1. The number of nitrogens with one attached hydrogen (secondary N) is 1. The highest BCUT2D eigenvalue weighted by Gasteiger charge is 2.31. The van der Waals surface area contributed by atoms with Crippen molar-refractivity contribution in [1.29, 1.82) is 0 Å². The first kappa shape index (κ1) is 25.8. The topological polar surface area (TPSA) is 124 Å². The Balaban J connectivity index is 1.49. The molecule has 1 aliphatic carbocycles. The van der Waals surface area contributed by atoms with Crippen LogP contribution in [0.1, 0.15) is 89.2 Å². The summed E-state index contributed by atoms with van der Waals surface area (Å²) in [6.45, 7) is 2.09. The third-order valence-electron chi connectivity index (χ3n) is 7.82. The van der Waals surface area contributed by atoms with Crippen molar-refractivity contribution < 1.29 is 29.3 Å². The molecular formula is C31H33NO6. The molecule has 198 valence electrons. The van der Waals surface area contributed by atoms with E-state index in [4.69, 9.17) is 4.42 Å². The number of aromatic amines is 1.